The highest BCUT2D eigenvalue weighted by molar-refractivity contribution is 7.89. The normalized spacial score (nSPS) is 13.2. The molecule has 2 rings (SSSR count). The molecule has 1 atom stereocenters. The van der Waals surface area contributed by atoms with Gasteiger partial charge in [0.25, 0.3) is 0 Å². The van der Waals surface area contributed by atoms with Crippen LogP contribution < -0.4 is 4.72 Å². The second kappa shape index (κ2) is 5.46. The van der Waals surface area contributed by atoms with Crippen LogP contribution in [-0.4, -0.2) is 13.4 Å². The molecule has 19 heavy (non-hydrogen) atoms. The van der Waals surface area contributed by atoms with Gasteiger partial charge in [0.1, 0.15) is 5.82 Å². The summed E-state index contributed by atoms with van der Waals surface area (Å²) < 4.78 is 39.7. The molecular formula is C13H13FN2O2S. The smallest absolute Gasteiger partial charge is 0.241 e. The minimum atomic E-state index is -3.74. The van der Waals surface area contributed by atoms with Gasteiger partial charge in [0.15, 0.2) is 0 Å². The summed E-state index contributed by atoms with van der Waals surface area (Å²) in [6.45, 7) is 1.71. The SMILES string of the molecule is CC(NS(=O)(=O)c1cccc(F)c1)c1ccncc1. The molecule has 1 unspecified atom stereocenters. The predicted octanol–water partition coefficient (Wildman–Crippen LogP) is 2.26. The third-order valence-corrected chi connectivity index (χ3v) is 4.18. The number of hydrogen-bond acceptors (Lipinski definition) is 3. The van der Waals surface area contributed by atoms with Gasteiger partial charge < -0.3 is 0 Å². The van der Waals surface area contributed by atoms with E-state index in [9.17, 15) is 12.8 Å². The molecule has 0 aliphatic rings. The zero-order valence-corrected chi connectivity index (χ0v) is 11.1. The van der Waals surface area contributed by atoms with Gasteiger partial charge in [0.05, 0.1) is 4.90 Å². The highest BCUT2D eigenvalue weighted by Crippen LogP contribution is 2.16. The number of nitrogens with one attached hydrogen (secondary N) is 1. The van der Waals surface area contributed by atoms with Crippen LogP contribution in [0.25, 0.3) is 0 Å². The van der Waals surface area contributed by atoms with Crippen molar-refractivity contribution < 1.29 is 12.8 Å². The van der Waals surface area contributed by atoms with Gasteiger partial charge in [-0.1, -0.05) is 6.07 Å². The number of rotatable bonds is 4. The van der Waals surface area contributed by atoms with Crippen LogP contribution in [-0.2, 0) is 10.0 Å². The maximum atomic E-state index is 13.1. The topological polar surface area (TPSA) is 59.1 Å². The Labute approximate surface area is 111 Å². The van der Waals surface area contributed by atoms with E-state index >= 15 is 0 Å². The summed E-state index contributed by atoms with van der Waals surface area (Å²) in [5.74, 6) is -0.584. The van der Waals surface area contributed by atoms with E-state index in [4.69, 9.17) is 0 Å². The van der Waals surface area contributed by atoms with Crippen LogP contribution in [0.5, 0.6) is 0 Å². The molecule has 0 amide bonds. The van der Waals surface area contributed by atoms with Crippen LogP contribution in [0.2, 0.25) is 0 Å². The molecule has 0 bridgehead atoms. The van der Waals surface area contributed by atoms with Gasteiger partial charge in [-0.25, -0.2) is 17.5 Å². The summed E-state index contributed by atoms with van der Waals surface area (Å²) in [6.07, 6.45) is 3.17. The summed E-state index contributed by atoms with van der Waals surface area (Å²) in [5.41, 5.74) is 0.787. The molecular weight excluding hydrogens is 267 g/mol. The Kier molecular flexibility index (Phi) is 3.92. The Morgan fingerprint density at radius 3 is 2.53 bits per heavy atom. The first-order chi connectivity index (χ1) is 8.99. The molecule has 1 N–H and O–H groups in total. The van der Waals surface area contributed by atoms with E-state index in [1.54, 1.807) is 31.5 Å². The quantitative estimate of drug-likeness (QED) is 0.934. The first-order valence-corrected chi connectivity index (χ1v) is 7.15. The van der Waals surface area contributed by atoms with Gasteiger partial charge in [-0.05, 0) is 42.8 Å². The van der Waals surface area contributed by atoms with E-state index in [-0.39, 0.29) is 4.90 Å². The van der Waals surface area contributed by atoms with Gasteiger partial charge in [-0.3, -0.25) is 4.98 Å². The van der Waals surface area contributed by atoms with E-state index in [0.717, 1.165) is 11.6 Å². The Morgan fingerprint density at radius 2 is 1.89 bits per heavy atom. The van der Waals surface area contributed by atoms with E-state index in [0.29, 0.717) is 0 Å². The van der Waals surface area contributed by atoms with Crippen LogP contribution in [0.3, 0.4) is 0 Å². The molecule has 0 fully saturated rings. The van der Waals surface area contributed by atoms with Gasteiger partial charge in [0.2, 0.25) is 10.0 Å². The lowest BCUT2D eigenvalue weighted by atomic mass is 10.1. The second-order valence-electron chi connectivity index (χ2n) is 4.08. The van der Waals surface area contributed by atoms with Crippen LogP contribution in [0, 0.1) is 5.82 Å². The predicted molar refractivity (Wildman–Crippen MR) is 69.4 cm³/mol. The van der Waals surface area contributed by atoms with Gasteiger partial charge in [-0.2, -0.15) is 0 Å². The second-order valence-corrected chi connectivity index (χ2v) is 5.79. The average molecular weight is 280 g/mol. The molecule has 1 aromatic heterocycles. The number of nitrogens with zero attached hydrogens (tertiary/aromatic N) is 1. The van der Waals surface area contributed by atoms with Crippen LogP contribution in [0.15, 0.2) is 53.7 Å². The number of aromatic nitrogens is 1. The highest BCUT2D eigenvalue weighted by atomic mass is 32.2. The molecule has 6 heteroatoms. The number of hydrogen-bond donors (Lipinski definition) is 1. The fourth-order valence-electron chi connectivity index (χ4n) is 1.66. The van der Waals surface area contributed by atoms with Crippen LogP contribution in [0.1, 0.15) is 18.5 Å². The molecule has 1 heterocycles. The average Bonchev–Trinajstić information content (AvgIpc) is 2.39. The molecule has 0 radical (unpaired) electrons. The van der Waals surface area contributed by atoms with Gasteiger partial charge >= 0.3 is 0 Å². The molecule has 1 aromatic carbocycles. The third kappa shape index (κ3) is 3.36. The Morgan fingerprint density at radius 1 is 1.21 bits per heavy atom. The van der Waals surface area contributed by atoms with Crippen molar-refractivity contribution in [2.24, 2.45) is 0 Å². The molecule has 0 spiro atoms. The molecule has 2 aromatic rings. The van der Waals surface area contributed by atoms with Crippen molar-refractivity contribution in [1.82, 2.24) is 9.71 Å². The maximum absolute atomic E-state index is 13.1. The van der Waals surface area contributed by atoms with E-state index in [1.165, 1.54) is 18.2 Å². The summed E-state index contributed by atoms with van der Waals surface area (Å²) in [6, 6.07) is 7.92. The Bertz CT molecular complexity index is 659. The first-order valence-electron chi connectivity index (χ1n) is 5.67. The zero-order valence-electron chi connectivity index (χ0n) is 10.2. The van der Waals surface area contributed by atoms with E-state index in [2.05, 4.69) is 9.71 Å². The third-order valence-electron chi connectivity index (χ3n) is 2.64. The number of halogens is 1. The van der Waals surface area contributed by atoms with Crippen molar-refractivity contribution in [3.8, 4) is 0 Å². The van der Waals surface area contributed by atoms with E-state index in [1.807, 2.05) is 0 Å². The minimum Gasteiger partial charge on any atom is -0.265 e. The van der Waals surface area contributed by atoms with Crippen molar-refractivity contribution in [1.29, 1.82) is 0 Å². The van der Waals surface area contributed by atoms with Crippen molar-refractivity contribution in [2.75, 3.05) is 0 Å². The van der Waals surface area contributed by atoms with Crippen LogP contribution in [0.4, 0.5) is 4.39 Å². The highest BCUT2D eigenvalue weighted by Gasteiger charge is 2.18. The standard InChI is InChI=1S/C13H13FN2O2S/c1-10(11-5-7-15-8-6-11)16-19(17,18)13-4-2-3-12(14)9-13/h2-10,16H,1H3. The summed E-state index contributed by atoms with van der Waals surface area (Å²) in [5, 5.41) is 0. The summed E-state index contributed by atoms with van der Waals surface area (Å²) >= 11 is 0. The largest absolute Gasteiger partial charge is 0.265 e. The fourth-order valence-corrected chi connectivity index (χ4v) is 2.92. The summed E-state index contributed by atoms with van der Waals surface area (Å²) in [4.78, 5) is 3.78. The number of pyridine rings is 1. The minimum absolute atomic E-state index is 0.0894. The van der Waals surface area contributed by atoms with Crippen molar-refractivity contribution >= 4 is 10.0 Å². The molecule has 4 nitrogen and oxygen atoms in total. The van der Waals surface area contributed by atoms with Gasteiger partial charge in [-0.15, -0.1) is 0 Å². The summed E-state index contributed by atoms with van der Waals surface area (Å²) in [7, 11) is -3.74. The van der Waals surface area contributed by atoms with Crippen molar-refractivity contribution in [3.63, 3.8) is 0 Å². The van der Waals surface area contributed by atoms with Crippen LogP contribution >= 0.6 is 0 Å². The number of sulfonamides is 1. The molecule has 0 saturated carbocycles. The fraction of sp³-hybridized carbons (Fsp3) is 0.154. The lowest BCUT2D eigenvalue weighted by molar-refractivity contribution is 0.564. The van der Waals surface area contributed by atoms with Gasteiger partial charge in [0, 0.05) is 18.4 Å². The molecule has 0 saturated heterocycles. The molecule has 0 aliphatic carbocycles. The monoisotopic (exact) mass is 280 g/mol. The molecule has 100 valence electrons. The first kappa shape index (κ1) is 13.6. The van der Waals surface area contributed by atoms with E-state index < -0.39 is 21.9 Å². The molecule has 0 aliphatic heterocycles. The maximum Gasteiger partial charge on any atom is 0.241 e. The Balaban J connectivity index is 2.23. The zero-order chi connectivity index (χ0) is 13.9. The lowest BCUT2D eigenvalue weighted by Gasteiger charge is -2.14. The van der Waals surface area contributed by atoms with Crippen molar-refractivity contribution in [3.05, 3.63) is 60.2 Å². The number of benzene rings is 1. The Hall–Kier alpha value is -1.79. The lowest BCUT2D eigenvalue weighted by Crippen LogP contribution is -2.27. The van der Waals surface area contributed by atoms with Crippen molar-refractivity contribution in [2.45, 2.75) is 17.9 Å².